The number of benzene rings is 1. The Labute approximate surface area is 155 Å². The summed E-state index contributed by atoms with van der Waals surface area (Å²) in [5.74, 6) is -0.0382. The maximum atomic E-state index is 12.9. The molecule has 1 atom stereocenters. The van der Waals surface area contributed by atoms with Gasteiger partial charge in [0.25, 0.3) is 0 Å². The summed E-state index contributed by atoms with van der Waals surface area (Å²) in [6.45, 7) is 7.35. The minimum absolute atomic E-state index is 0.0304. The fraction of sp³-hybridized carbons (Fsp3) is 0.429. The Morgan fingerprint density at radius 2 is 1.96 bits per heavy atom. The number of fused-ring (bicyclic) bond motifs is 1. The van der Waals surface area contributed by atoms with Gasteiger partial charge in [0.15, 0.2) is 0 Å². The van der Waals surface area contributed by atoms with Crippen LogP contribution in [0, 0.1) is 6.92 Å². The normalized spacial score (nSPS) is 16.5. The van der Waals surface area contributed by atoms with Crippen molar-refractivity contribution in [2.75, 3.05) is 6.54 Å². The van der Waals surface area contributed by atoms with E-state index in [9.17, 15) is 9.59 Å². The van der Waals surface area contributed by atoms with Crippen molar-refractivity contribution in [3.05, 3.63) is 59.4 Å². The second-order valence-corrected chi connectivity index (χ2v) is 7.25. The standard InChI is InChI=1S/C21H27N3O2/c1-15(2)22-19(25)9-10-20(26)24-13-12-23-11-5-8-18(23)21(24)17-7-4-6-16(3)14-17/h4-8,11,14-15,21H,9-10,12-13H2,1-3H3,(H,22,25). The smallest absolute Gasteiger partial charge is 0.223 e. The SMILES string of the molecule is Cc1cccc(C2c3cccn3CCN2C(=O)CCC(=O)NC(C)C)c1. The lowest BCUT2D eigenvalue weighted by Gasteiger charge is -2.37. The van der Waals surface area contributed by atoms with Crippen LogP contribution < -0.4 is 5.32 Å². The van der Waals surface area contributed by atoms with Crippen LogP contribution in [-0.4, -0.2) is 33.9 Å². The Morgan fingerprint density at radius 3 is 2.69 bits per heavy atom. The molecule has 0 bridgehead atoms. The van der Waals surface area contributed by atoms with Gasteiger partial charge >= 0.3 is 0 Å². The van der Waals surface area contributed by atoms with Crippen LogP contribution in [0.1, 0.15) is 49.6 Å². The van der Waals surface area contributed by atoms with E-state index in [2.05, 4.69) is 47.3 Å². The Balaban J connectivity index is 1.81. The summed E-state index contributed by atoms with van der Waals surface area (Å²) < 4.78 is 2.21. The van der Waals surface area contributed by atoms with Crippen LogP contribution in [0.2, 0.25) is 0 Å². The van der Waals surface area contributed by atoms with Crippen LogP contribution in [0.3, 0.4) is 0 Å². The molecule has 1 unspecified atom stereocenters. The van der Waals surface area contributed by atoms with Gasteiger partial charge in [0, 0.05) is 43.9 Å². The van der Waals surface area contributed by atoms with E-state index >= 15 is 0 Å². The number of aryl methyl sites for hydroxylation is 1. The summed E-state index contributed by atoms with van der Waals surface area (Å²) in [7, 11) is 0. The summed E-state index contributed by atoms with van der Waals surface area (Å²) in [4.78, 5) is 26.8. The second-order valence-electron chi connectivity index (χ2n) is 7.25. The van der Waals surface area contributed by atoms with Crippen molar-refractivity contribution in [3.8, 4) is 0 Å². The topological polar surface area (TPSA) is 54.3 Å². The largest absolute Gasteiger partial charge is 0.354 e. The van der Waals surface area contributed by atoms with Crippen LogP contribution >= 0.6 is 0 Å². The van der Waals surface area contributed by atoms with Crippen LogP contribution in [0.5, 0.6) is 0 Å². The van der Waals surface area contributed by atoms with Gasteiger partial charge < -0.3 is 14.8 Å². The Morgan fingerprint density at radius 1 is 1.15 bits per heavy atom. The van der Waals surface area contributed by atoms with Crippen molar-refractivity contribution in [1.82, 2.24) is 14.8 Å². The number of amides is 2. The Hall–Kier alpha value is -2.56. The van der Waals surface area contributed by atoms with Crippen LogP contribution in [0.25, 0.3) is 0 Å². The van der Waals surface area contributed by atoms with Gasteiger partial charge in [-0.05, 0) is 38.5 Å². The number of rotatable bonds is 5. The van der Waals surface area contributed by atoms with Crippen LogP contribution in [0.15, 0.2) is 42.6 Å². The Kier molecular flexibility index (Phi) is 5.45. The molecule has 5 nitrogen and oxygen atoms in total. The zero-order valence-corrected chi connectivity index (χ0v) is 15.7. The first-order chi connectivity index (χ1) is 12.5. The minimum Gasteiger partial charge on any atom is -0.354 e. The summed E-state index contributed by atoms with van der Waals surface area (Å²) in [5.41, 5.74) is 3.42. The van der Waals surface area contributed by atoms with E-state index < -0.39 is 0 Å². The van der Waals surface area contributed by atoms with E-state index in [1.54, 1.807) is 0 Å². The van der Waals surface area contributed by atoms with E-state index in [1.165, 1.54) is 5.56 Å². The number of nitrogens with zero attached hydrogens (tertiary/aromatic N) is 2. The van der Waals surface area contributed by atoms with Gasteiger partial charge in [0.1, 0.15) is 0 Å². The maximum absolute atomic E-state index is 12.9. The van der Waals surface area contributed by atoms with Crippen molar-refractivity contribution < 1.29 is 9.59 Å². The molecule has 0 aliphatic carbocycles. The highest BCUT2D eigenvalue weighted by molar-refractivity contribution is 5.84. The van der Waals surface area contributed by atoms with Gasteiger partial charge in [-0.2, -0.15) is 0 Å². The molecular formula is C21H27N3O2. The molecule has 1 aliphatic rings. The molecule has 0 spiro atoms. The zero-order valence-electron chi connectivity index (χ0n) is 15.7. The predicted octanol–water partition coefficient (Wildman–Crippen LogP) is 3.03. The van der Waals surface area contributed by atoms with Gasteiger partial charge in [0.2, 0.25) is 11.8 Å². The van der Waals surface area contributed by atoms with E-state index in [-0.39, 0.29) is 36.7 Å². The zero-order chi connectivity index (χ0) is 18.7. The summed E-state index contributed by atoms with van der Waals surface area (Å²) in [5, 5.41) is 2.85. The molecule has 1 aliphatic heterocycles. The molecule has 3 rings (SSSR count). The number of nitrogens with one attached hydrogen (secondary N) is 1. The molecule has 138 valence electrons. The summed E-state index contributed by atoms with van der Waals surface area (Å²) in [6.07, 6.45) is 2.53. The molecule has 1 aromatic heterocycles. The van der Waals surface area contributed by atoms with Gasteiger partial charge in [-0.15, -0.1) is 0 Å². The number of hydrogen-bond donors (Lipinski definition) is 1. The van der Waals surface area contributed by atoms with Gasteiger partial charge in [-0.1, -0.05) is 29.8 Å². The first kappa shape index (κ1) is 18.2. The molecule has 2 heterocycles. The number of carbonyl (C=O) groups is 2. The predicted molar refractivity (Wildman–Crippen MR) is 102 cm³/mol. The lowest BCUT2D eigenvalue weighted by Crippen LogP contribution is -2.42. The van der Waals surface area contributed by atoms with E-state index in [4.69, 9.17) is 0 Å². The van der Waals surface area contributed by atoms with Gasteiger partial charge in [-0.25, -0.2) is 0 Å². The third kappa shape index (κ3) is 3.98. The number of aromatic nitrogens is 1. The van der Waals surface area contributed by atoms with Gasteiger partial charge in [-0.3, -0.25) is 9.59 Å². The first-order valence-corrected chi connectivity index (χ1v) is 9.26. The highest BCUT2D eigenvalue weighted by Gasteiger charge is 2.32. The molecule has 26 heavy (non-hydrogen) atoms. The highest BCUT2D eigenvalue weighted by Crippen LogP contribution is 2.33. The first-order valence-electron chi connectivity index (χ1n) is 9.26. The fourth-order valence-corrected chi connectivity index (χ4v) is 3.60. The van der Waals surface area contributed by atoms with E-state index in [0.717, 1.165) is 17.8 Å². The molecule has 0 saturated carbocycles. The maximum Gasteiger partial charge on any atom is 0.223 e. The molecule has 1 N–H and O–H groups in total. The lowest BCUT2D eigenvalue weighted by atomic mass is 9.98. The average molecular weight is 353 g/mol. The average Bonchev–Trinajstić information content (AvgIpc) is 3.06. The van der Waals surface area contributed by atoms with Crippen molar-refractivity contribution in [1.29, 1.82) is 0 Å². The van der Waals surface area contributed by atoms with Crippen LogP contribution in [-0.2, 0) is 16.1 Å². The summed E-state index contributed by atoms with van der Waals surface area (Å²) in [6, 6.07) is 12.4. The van der Waals surface area contributed by atoms with Crippen molar-refractivity contribution >= 4 is 11.8 Å². The highest BCUT2D eigenvalue weighted by atomic mass is 16.2. The lowest BCUT2D eigenvalue weighted by molar-refractivity contribution is -0.136. The molecule has 0 fully saturated rings. The molecule has 2 aromatic rings. The minimum atomic E-state index is -0.0979. The molecular weight excluding hydrogens is 326 g/mol. The Bertz CT molecular complexity index is 794. The quantitative estimate of drug-likeness (QED) is 0.898. The number of carbonyl (C=O) groups excluding carboxylic acids is 2. The van der Waals surface area contributed by atoms with Gasteiger partial charge in [0.05, 0.1) is 6.04 Å². The monoisotopic (exact) mass is 353 g/mol. The molecule has 1 aromatic carbocycles. The molecule has 2 amide bonds. The van der Waals surface area contributed by atoms with Crippen LogP contribution in [0.4, 0.5) is 0 Å². The summed E-state index contributed by atoms with van der Waals surface area (Å²) >= 11 is 0. The van der Waals surface area contributed by atoms with Crippen molar-refractivity contribution in [2.24, 2.45) is 0 Å². The third-order valence-electron chi connectivity index (χ3n) is 4.73. The molecule has 0 radical (unpaired) electrons. The van der Waals surface area contributed by atoms with E-state index in [0.29, 0.717) is 6.54 Å². The van der Waals surface area contributed by atoms with Crippen molar-refractivity contribution in [3.63, 3.8) is 0 Å². The van der Waals surface area contributed by atoms with E-state index in [1.807, 2.05) is 30.9 Å². The second kappa shape index (κ2) is 7.77. The molecule has 0 saturated heterocycles. The number of hydrogen-bond acceptors (Lipinski definition) is 2. The fourth-order valence-electron chi connectivity index (χ4n) is 3.60. The third-order valence-corrected chi connectivity index (χ3v) is 4.73. The van der Waals surface area contributed by atoms with Crippen molar-refractivity contribution in [2.45, 2.75) is 52.2 Å². The molecule has 5 heteroatoms.